The molecule has 0 fully saturated rings. The van der Waals surface area contributed by atoms with Gasteiger partial charge in [0.25, 0.3) is 0 Å². The van der Waals surface area contributed by atoms with Crippen molar-refractivity contribution in [2.24, 2.45) is 10.2 Å². The molecule has 0 rings (SSSR count). The Hall–Kier alpha value is -2.60. The van der Waals surface area contributed by atoms with Crippen LogP contribution in [0, 0.1) is 0 Å². The lowest BCUT2D eigenvalue weighted by Crippen LogP contribution is -2.39. The van der Waals surface area contributed by atoms with Crippen LogP contribution < -0.4 is 0 Å². The Morgan fingerprint density at radius 3 is 1.09 bits per heavy atom. The van der Waals surface area contributed by atoms with Gasteiger partial charge >= 0.3 is 24.0 Å². The number of carboxylic acid groups (broad SMARTS) is 2. The van der Waals surface area contributed by atoms with Gasteiger partial charge < -0.3 is 30.2 Å². The van der Waals surface area contributed by atoms with Gasteiger partial charge in [-0.05, 0) is 0 Å². The first-order chi connectivity index (χ1) is 9.91. The van der Waals surface area contributed by atoms with E-state index in [1.54, 1.807) is 0 Å². The van der Waals surface area contributed by atoms with Crippen molar-refractivity contribution in [2.45, 2.75) is 12.2 Å². The lowest BCUT2D eigenvalue weighted by atomic mass is 10.2. The summed E-state index contributed by atoms with van der Waals surface area (Å²) >= 11 is 0. The number of azo groups is 1. The van der Waals surface area contributed by atoms with Gasteiger partial charge in [-0.3, -0.25) is 0 Å². The molecule has 2 atom stereocenters. The minimum atomic E-state index is -2.27. The van der Waals surface area contributed by atoms with Crippen LogP contribution in [0.15, 0.2) is 10.2 Å². The first-order valence-electron chi connectivity index (χ1n) is 5.57. The van der Waals surface area contributed by atoms with Gasteiger partial charge in [0.05, 0.1) is 0 Å². The highest BCUT2D eigenvalue weighted by atomic mass is 16.4. The molecule has 0 saturated heterocycles. The van der Waals surface area contributed by atoms with Crippen molar-refractivity contribution >= 4 is 24.0 Å². The topological polar surface area (TPSA) is 180 Å². The number of aliphatic hydroxyl groups excluding tert-OH is 2. The Bertz CT molecular complexity index is 408. The number of aliphatic hydroxyl groups is 2. The van der Waals surface area contributed by atoms with E-state index in [1.807, 2.05) is 0 Å². The Labute approximate surface area is 125 Å². The lowest BCUT2D eigenvalue weighted by Gasteiger charge is -2.07. The number of carboxylic acids is 2. The van der Waals surface area contributed by atoms with E-state index in [9.17, 15) is 19.2 Å². The Morgan fingerprint density at radius 1 is 0.727 bits per heavy atom. The third kappa shape index (κ3) is 9.33. The van der Waals surface area contributed by atoms with E-state index in [1.165, 1.54) is 38.0 Å². The zero-order valence-electron chi connectivity index (χ0n) is 12.4. The van der Waals surface area contributed by atoms with Crippen molar-refractivity contribution in [3.8, 4) is 0 Å². The third-order valence-corrected chi connectivity index (χ3v) is 1.79. The summed E-state index contributed by atoms with van der Waals surface area (Å²) in [4.78, 5) is 43.5. The molecule has 4 amide bonds. The van der Waals surface area contributed by atoms with Gasteiger partial charge in [0.2, 0.25) is 0 Å². The van der Waals surface area contributed by atoms with Crippen molar-refractivity contribution < 1.29 is 39.6 Å². The highest BCUT2D eigenvalue weighted by Gasteiger charge is 2.29. The third-order valence-electron chi connectivity index (χ3n) is 1.79. The molecule has 0 radical (unpaired) electrons. The fourth-order valence-corrected chi connectivity index (χ4v) is 0.535. The second-order valence-corrected chi connectivity index (χ2v) is 4.12. The first kappa shape index (κ1) is 21.7. The van der Waals surface area contributed by atoms with Crippen LogP contribution in [0.25, 0.3) is 0 Å². The molecule has 12 heteroatoms. The molecule has 126 valence electrons. The molecule has 0 aromatic rings. The van der Waals surface area contributed by atoms with E-state index in [0.717, 1.165) is 0 Å². The number of carbonyl (C=O) groups excluding carboxylic acids is 2. The summed E-state index contributed by atoms with van der Waals surface area (Å²) in [7, 11) is 6.12. The number of aliphatic carboxylic acids is 2. The standard InChI is InChI=1S/C6H12N4O2.C4H6O6/c1-9(2)5(11)7-8-6(12)10(3)4;5-1(3(7)8)2(6)4(9)10/h1-4H3;1-2,5-6H,(H,7,8)(H,9,10). The maximum atomic E-state index is 10.8. The fraction of sp³-hybridized carbons (Fsp3) is 0.600. The maximum absolute atomic E-state index is 10.8. The quantitative estimate of drug-likeness (QED) is 0.461. The van der Waals surface area contributed by atoms with Crippen molar-refractivity contribution in [1.82, 2.24) is 9.80 Å². The second kappa shape index (κ2) is 10.2. The van der Waals surface area contributed by atoms with Gasteiger partial charge in [-0.2, -0.15) is 0 Å². The minimum absolute atomic E-state index is 0.551. The lowest BCUT2D eigenvalue weighted by molar-refractivity contribution is -0.165. The molecule has 4 N–H and O–H groups in total. The van der Waals surface area contributed by atoms with E-state index in [2.05, 4.69) is 10.2 Å². The smallest absolute Gasteiger partial charge is 0.361 e. The zero-order valence-corrected chi connectivity index (χ0v) is 12.4. The number of rotatable bonds is 3. The van der Waals surface area contributed by atoms with Crippen LogP contribution in [0.5, 0.6) is 0 Å². The van der Waals surface area contributed by atoms with Crippen molar-refractivity contribution in [3.63, 3.8) is 0 Å². The molecule has 22 heavy (non-hydrogen) atoms. The Balaban J connectivity index is 0. The highest BCUT2D eigenvalue weighted by molar-refractivity contribution is 5.83. The summed E-state index contributed by atoms with van der Waals surface area (Å²) < 4.78 is 0. The summed E-state index contributed by atoms with van der Waals surface area (Å²) in [5.41, 5.74) is 0. The average Bonchev–Trinajstić information content (AvgIpc) is 2.42. The number of nitrogens with zero attached hydrogens (tertiary/aromatic N) is 4. The second-order valence-electron chi connectivity index (χ2n) is 4.12. The van der Waals surface area contributed by atoms with E-state index in [0.29, 0.717) is 0 Å². The molecule has 0 aliphatic carbocycles. The molecule has 0 spiro atoms. The number of hydrogen-bond acceptors (Lipinski definition) is 6. The van der Waals surface area contributed by atoms with Crippen LogP contribution in [0.4, 0.5) is 9.59 Å². The van der Waals surface area contributed by atoms with Gasteiger partial charge in [0.1, 0.15) is 0 Å². The van der Waals surface area contributed by atoms with Crippen molar-refractivity contribution in [2.75, 3.05) is 28.2 Å². The molecule has 0 heterocycles. The van der Waals surface area contributed by atoms with E-state index < -0.39 is 36.2 Å². The van der Waals surface area contributed by atoms with Gasteiger partial charge in [-0.1, -0.05) is 10.2 Å². The van der Waals surface area contributed by atoms with Gasteiger partial charge in [0.15, 0.2) is 12.2 Å². The average molecular weight is 322 g/mol. The molecule has 0 aromatic carbocycles. The number of carbonyl (C=O) groups is 4. The molecular weight excluding hydrogens is 304 g/mol. The van der Waals surface area contributed by atoms with Gasteiger partial charge in [-0.25, -0.2) is 19.2 Å². The summed E-state index contributed by atoms with van der Waals surface area (Å²) in [6.45, 7) is 0. The predicted octanol–water partition coefficient (Wildman–Crippen LogP) is -1.32. The van der Waals surface area contributed by atoms with Crippen LogP contribution in [0.2, 0.25) is 0 Å². The Morgan fingerprint density at radius 2 is 0.955 bits per heavy atom. The van der Waals surface area contributed by atoms with Crippen LogP contribution in [-0.2, 0) is 9.59 Å². The Kier molecular flexibility index (Phi) is 10.0. The number of amides is 4. The number of hydrogen-bond donors (Lipinski definition) is 4. The van der Waals surface area contributed by atoms with Crippen LogP contribution >= 0.6 is 0 Å². The largest absolute Gasteiger partial charge is 0.479 e. The molecular formula is C10H18N4O8. The maximum Gasteiger partial charge on any atom is 0.361 e. The molecule has 2 unspecified atom stereocenters. The molecule has 0 saturated carbocycles. The molecule has 12 nitrogen and oxygen atoms in total. The number of urea groups is 2. The van der Waals surface area contributed by atoms with Crippen molar-refractivity contribution in [3.05, 3.63) is 0 Å². The van der Waals surface area contributed by atoms with E-state index in [4.69, 9.17) is 20.4 Å². The summed E-state index contributed by atoms with van der Waals surface area (Å²) in [6, 6.07) is -1.10. The predicted molar refractivity (Wildman–Crippen MR) is 70.3 cm³/mol. The molecule has 0 aliphatic rings. The molecule has 0 aliphatic heterocycles. The molecule has 0 aromatic heterocycles. The van der Waals surface area contributed by atoms with E-state index >= 15 is 0 Å². The zero-order chi connectivity index (χ0) is 18.0. The monoisotopic (exact) mass is 322 g/mol. The summed E-state index contributed by atoms with van der Waals surface area (Å²) in [6.07, 6.45) is -4.53. The SMILES string of the molecule is CN(C)C(=O)N=NC(=O)N(C)C.O=C(O)C(O)C(O)C(=O)O. The minimum Gasteiger partial charge on any atom is -0.479 e. The first-order valence-corrected chi connectivity index (χ1v) is 5.57. The van der Waals surface area contributed by atoms with Gasteiger partial charge in [0, 0.05) is 28.2 Å². The normalized spacial score (nSPS) is 12.6. The van der Waals surface area contributed by atoms with Crippen LogP contribution in [-0.4, -0.2) is 94.6 Å². The fourth-order valence-electron chi connectivity index (χ4n) is 0.535. The highest BCUT2D eigenvalue weighted by Crippen LogP contribution is 1.92. The van der Waals surface area contributed by atoms with Crippen LogP contribution in [0.3, 0.4) is 0 Å². The summed E-state index contributed by atoms with van der Waals surface area (Å²) in [5.74, 6) is -3.54. The van der Waals surface area contributed by atoms with Crippen LogP contribution in [0.1, 0.15) is 0 Å². The summed E-state index contributed by atoms with van der Waals surface area (Å²) in [5, 5.41) is 38.9. The van der Waals surface area contributed by atoms with Gasteiger partial charge in [-0.15, -0.1) is 0 Å². The molecule has 0 bridgehead atoms. The van der Waals surface area contributed by atoms with Crippen molar-refractivity contribution in [1.29, 1.82) is 0 Å². The van der Waals surface area contributed by atoms with E-state index in [-0.39, 0.29) is 0 Å².